The number of likely N-dealkylation sites (tertiary alicyclic amines) is 1. The molecular weight excluding hydrogens is 433 g/mol. The highest BCUT2D eigenvalue weighted by Crippen LogP contribution is 2.56. The van der Waals surface area contributed by atoms with Crippen LogP contribution < -0.4 is 5.32 Å². The van der Waals surface area contributed by atoms with Gasteiger partial charge in [0.1, 0.15) is 5.54 Å². The van der Waals surface area contributed by atoms with Gasteiger partial charge in [-0.3, -0.25) is 19.5 Å². The molecule has 31 heavy (non-hydrogen) atoms. The van der Waals surface area contributed by atoms with Crippen LogP contribution in [-0.4, -0.2) is 35.2 Å². The molecule has 0 saturated carbocycles. The van der Waals surface area contributed by atoms with Crippen molar-refractivity contribution in [2.75, 3.05) is 18.9 Å². The summed E-state index contributed by atoms with van der Waals surface area (Å²) in [6.45, 7) is 0.525. The van der Waals surface area contributed by atoms with E-state index in [2.05, 4.69) is 10.3 Å². The minimum Gasteiger partial charge on any atom is -0.324 e. The molecule has 5 rings (SSSR count). The fourth-order valence-corrected chi connectivity index (χ4v) is 5.41. The first kappa shape index (κ1) is 20.2. The third kappa shape index (κ3) is 2.99. The molecule has 2 aliphatic heterocycles. The number of anilines is 1. The lowest BCUT2D eigenvalue weighted by Gasteiger charge is -2.35. The molecule has 0 bridgehead atoms. The van der Waals surface area contributed by atoms with Crippen molar-refractivity contribution >= 4 is 40.6 Å². The zero-order valence-corrected chi connectivity index (χ0v) is 18.2. The van der Waals surface area contributed by atoms with Crippen LogP contribution in [0.4, 0.5) is 5.69 Å². The van der Waals surface area contributed by atoms with Gasteiger partial charge in [-0.25, -0.2) is 0 Å². The smallest absolute Gasteiger partial charge is 0.250 e. The molecule has 2 aromatic carbocycles. The summed E-state index contributed by atoms with van der Waals surface area (Å²) in [6, 6.07) is 16.3. The fourth-order valence-electron chi connectivity index (χ4n) is 5.11. The molecule has 3 aromatic rings. The Kier molecular flexibility index (Phi) is 4.85. The molecule has 0 aliphatic carbocycles. The van der Waals surface area contributed by atoms with Gasteiger partial charge in [-0.2, -0.15) is 0 Å². The lowest BCUT2D eigenvalue weighted by molar-refractivity contribution is -0.126. The molecule has 1 spiro atoms. The van der Waals surface area contributed by atoms with Crippen molar-refractivity contribution in [1.29, 1.82) is 0 Å². The summed E-state index contributed by atoms with van der Waals surface area (Å²) in [5.41, 5.74) is 1.67. The van der Waals surface area contributed by atoms with E-state index in [0.717, 1.165) is 11.1 Å². The number of nitrogens with one attached hydrogen (secondary N) is 1. The Balaban J connectivity index is 1.74. The summed E-state index contributed by atoms with van der Waals surface area (Å²) < 4.78 is 0. The molecule has 7 heteroatoms. The van der Waals surface area contributed by atoms with E-state index in [-0.39, 0.29) is 17.6 Å². The van der Waals surface area contributed by atoms with Crippen LogP contribution in [-0.2, 0) is 10.3 Å². The second-order valence-electron chi connectivity index (χ2n) is 8.03. The first-order valence-electron chi connectivity index (χ1n) is 9.95. The number of hydrogen-bond donors (Lipinski definition) is 1. The van der Waals surface area contributed by atoms with Gasteiger partial charge in [0.2, 0.25) is 5.91 Å². The highest BCUT2D eigenvalue weighted by Gasteiger charge is 2.64. The van der Waals surface area contributed by atoms with E-state index in [0.29, 0.717) is 27.8 Å². The second kappa shape index (κ2) is 7.45. The van der Waals surface area contributed by atoms with Crippen LogP contribution in [0.25, 0.3) is 0 Å². The topological polar surface area (TPSA) is 62.3 Å². The molecule has 1 aromatic heterocycles. The number of benzene rings is 2. The van der Waals surface area contributed by atoms with Gasteiger partial charge in [-0.15, -0.1) is 0 Å². The number of ketones is 1. The van der Waals surface area contributed by atoms with E-state index in [1.165, 1.54) is 0 Å². The molecule has 1 saturated heterocycles. The predicted octanol–water partition coefficient (Wildman–Crippen LogP) is 4.76. The lowest BCUT2D eigenvalue weighted by Crippen LogP contribution is -2.51. The number of amides is 1. The number of carbonyl (C=O) groups excluding carboxylic acids is 2. The number of aromatic nitrogens is 1. The van der Waals surface area contributed by atoms with E-state index in [1.807, 2.05) is 36.2 Å². The normalized spacial score (nSPS) is 24.9. The van der Waals surface area contributed by atoms with Gasteiger partial charge in [0, 0.05) is 51.7 Å². The number of likely N-dealkylation sites (N-methyl/N-ethyl adjacent to an activating group) is 1. The average Bonchev–Trinajstić information content (AvgIpc) is 3.24. The molecule has 3 atom stereocenters. The van der Waals surface area contributed by atoms with Crippen molar-refractivity contribution in [2.45, 2.75) is 11.5 Å². The molecule has 3 heterocycles. The van der Waals surface area contributed by atoms with E-state index in [9.17, 15) is 9.59 Å². The van der Waals surface area contributed by atoms with E-state index < -0.39 is 11.5 Å². The molecule has 5 nitrogen and oxygen atoms in total. The van der Waals surface area contributed by atoms with Crippen LogP contribution in [0.3, 0.4) is 0 Å². The summed E-state index contributed by atoms with van der Waals surface area (Å²) in [5.74, 6) is -1.22. The molecule has 2 aliphatic rings. The van der Waals surface area contributed by atoms with Crippen molar-refractivity contribution in [3.63, 3.8) is 0 Å². The van der Waals surface area contributed by atoms with Gasteiger partial charge in [0.15, 0.2) is 5.78 Å². The lowest BCUT2D eigenvalue weighted by atomic mass is 9.70. The molecule has 1 unspecified atom stereocenters. The number of fused-ring (bicyclic) bond motifs is 2. The quantitative estimate of drug-likeness (QED) is 0.582. The van der Waals surface area contributed by atoms with Crippen molar-refractivity contribution < 1.29 is 9.59 Å². The van der Waals surface area contributed by atoms with Gasteiger partial charge >= 0.3 is 0 Å². The molecule has 156 valence electrons. The van der Waals surface area contributed by atoms with Gasteiger partial charge < -0.3 is 5.32 Å². The fraction of sp³-hybridized carbons (Fsp3) is 0.208. The van der Waals surface area contributed by atoms with Crippen LogP contribution >= 0.6 is 23.2 Å². The maximum Gasteiger partial charge on any atom is 0.250 e. The Morgan fingerprint density at radius 1 is 1.13 bits per heavy atom. The predicted molar refractivity (Wildman–Crippen MR) is 121 cm³/mol. The summed E-state index contributed by atoms with van der Waals surface area (Å²) in [7, 11) is 1.88. The Morgan fingerprint density at radius 3 is 2.58 bits per heavy atom. The van der Waals surface area contributed by atoms with Crippen molar-refractivity contribution in [3.05, 3.63) is 93.7 Å². The number of halogens is 2. The molecular formula is C24H19Cl2N3O2. The van der Waals surface area contributed by atoms with Crippen LogP contribution in [0.15, 0.2) is 67.0 Å². The highest BCUT2D eigenvalue weighted by atomic mass is 35.5. The summed E-state index contributed by atoms with van der Waals surface area (Å²) in [6.07, 6.45) is 3.18. The second-order valence-corrected chi connectivity index (χ2v) is 8.91. The Hall–Kier alpha value is -2.73. The first-order valence-corrected chi connectivity index (χ1v) is 10.7. The largest absolute Gasteiger partial charge is 0.324 e. The number of nitrogens with zero attached hydrogens (tertiary/aromatic N) is 2. The monoisotopic (exact) mass is 451 g/mol. The SMILES string of the molecule is CN1C[C@H](c2ccc(Cl)cc2)C(C(=O)c2cccnc2)[C@]12C(=O)Nc1ccc(Cl)cc12. The van der Waals surface area contributed by atoms with Crippen molar-refractivity contribution in [1.82, 2.24) is 9.88 Å². The molecule has 1 amide bonds. The number of Topliss-reactive ketones (excluding diaryl/α,β-unsaturated/α-hetero) is 1. The van der Waals surface area contributed by atoms with Crippen LogP contribution in [0.1, 0.15) is 27.4 Å². The molecule has 1 N–H and O–H groups in total. The van der Waals surface area contributed by atoms with Crippen LogP contribution in [0.2, 0.25) is 10.0 Å². The Morgan fingerprint density at radius 2 is 1.87 bits per heavy atom. The van der Waals surface area contributed by atoms with E-state index in [1.54, 1.807) is 42.7 Å². The Bertz CT molecular complexity index is 1180. The maximum atomic E-state index is 13.9. The summed E-state index contributed by atoms with van der Waals surface area (Å²) in [5, 5.41) is 4.12. The molecule has 1 fully saturated rings. The maximum absolute atomic E-state index is 13.9. The van der Waals surface area contributed by atoms with Crippen molar-refractivity contribution in [3.8, 4) is 0 Å². The number of pyridine rings is 1. The standard InChI is InChI=1S/C24H19Cl2N3O2/c1-29-13-18(14-4-6-16(25)7-5-14)21(22(30)15-3-2-10-27-12-15)24(29)19-11-17(26)8-9-20(19)28-23(24)31/h2-12,18,21H,13H2,1H3,(H,28,31)/t18-,21?,24-/m1/s1. The third-order valence-corrected chi connectivity index (χ3v) is 6.93. The van der Waals surface area contributed by atoms with E-state index >= 15 is 0 Å². The van der Waals surface area contributed by atoms with Gasteiger partial charge in [-0.1, -0.05) is 35.3 Å². The zero-order valence-electron chi connectivity index (χ0n) is 16.7. The zero-order chi connectivity index (χ0) is 21.8. The van der Waals surface area contributed by atoms with Gasteiger partial charge in [-0.05, 0) is 55.1 Å². The summed E-state index contributed by atoms with van der Waals surface area (Å²) in [4.78, 5) is 33.6. The highest BCUT2D eigenvalue weighted by molar-refractivity contribution is 6.31. The number of carbonyl (C=O) groups is 2. The minimum atomic E-state index is -1.17. The number of rotatable bonds is 3. The van der Waals surface area contributed by atoms with Crippen LogP contribution in [0, 0.1) is 5.92 Å². The number of hydrogen-bond acceptors (Lipinski definition) is 4. The third-order valence-electron chi connectivity index (χ3n) is 6.44. The first-order chi connectivity index (χ1) is 14.9. The molecule has 0 radical (unpaired) electrons. The summed E-state index contributed by atoms with van der Waals surface area (Å²) >= 11 is 12.4. The minimum absolute atomic E-state index is 0.125. The van der Waals surface area contributed by atoms with Gasteiger partial charge in [0.25, 0.3) is 0 Å². The van der Waals surface area contributed by atoms with E-state index in [4.69, 9.17) is 23.2 Å². The Labute approximate surface area is 190 Å². The van der Waals surface area contributed by atoms with Crippen molar-refractivity contribution in [2.24, 2.45) is 5.92 Å². The average molecular weight is 452 g/mol. The van der Waals surface area contributed by atoms with Crippen LogP contribution in [0.5, 0.6) is 0 Å². The van der Waals surface area contributed by atoms with Gasteiger partial charge in [0.05, 0.1) is 5.92 Å².